The van der Waals surface area contributed by atoms with Crippen molar-refractivity contribution in [2.24, 2.45) is 5.41 Å². The molecule has 0 saturated carbocycles. The quantitative estimate of drug-likeness (QED) is 0.686. The van der Waals surface area contributed by atoms with Gasteiger partial charge in [-0.15, -0.1) is 0 Å². The van der Waals surface area contributed by atoms with Crippen molar-refractivity contribution < 1.29 is 18.3 Å². The Kier molecular flexibility index (Phi) is 5.23. The van der Waals surface area contributed by atoms with Gasteiger partial charge in [-0.25, -0.2) is 13.1 Å². The van der Waals surface area contributed by atoms with Crippen molar-refractivity contribution in [2.45, 2.75) is 33.1 Å². The maximum absolute atomic E-state index is 10.8. The molecule has 0 aliphatic heterocycles. The third-order valence-corrected chi connectivity index (χ3v) is 2.91. The molecule has 2 N–H and O–H groups in total. The minimum absolute atomic E-state index is 0.117. The Bertz CT molecular complexity index is 308. The highest BCUT2D eigenvalue weighted by atomic mass is 32.2. The molecule has 0 aromatic heterocycles. The lowest BCUT2D eigenvalue weighted by atomic mass is 9.84. The van der Waals surface area contributed by atoms with Crippen LogP contribution in [-0.4, -0.2) is 32.3 Å². The number of carboxylic acids is 1. The fourth-order valence-electron chi connectivity index (χ4n) is 1.15. The smallest absolute Gasteiger partial charge is 0.303 e. The topological polar surface area (TPSA) is 83.5 Å². The SMILES string of the molecule is CC(C)(CCNS(C)(=O)=O)CCC(=O)O. The number of nitrogens with one attached hydrogen (secondary N) is 1. The maximum Gasteiger partial charge on any atom is 0.303 e. The van der Waals surface area contributed by atoms with Crippen LogP contribution < -0.4 is 4.72 Å². The molecule has 0 heterocycles. The largest absolute Gasteiger partial charge is 0.481 e. The van der Waals surface area contributed by atoms with Crippen molar-refractivity contribution in [3.63, 3.8) is 0 Å². The highest BCUT2D eigenvalue weighted by Crippen LogP contribution is 2.25. The van der Waals surface area contributed by atoms with Gasteiger partial charge in [0.1, 0.15) is 0 Å². The molecule has 0 spiro atoms. The number of carboxylic acid groups (broad SMARTS) is 1. The molecule has 6 heteroatoms. The van der Waals surface area contributed by atoms with Crippen LogP contribution in [0.3, 0.4) is 0 Å². The first-order valence-corrected chi connectivity index (χ1v) is 6.68. The van der Waals surface area contributed by atoms with E-state index >= 15 is 0 Å². The van der Waals surface area contributed by atoms with E-state index in [4.69, 9.17) is 5.11 Å². The molecule has 15 heavy (non-hydrogen) atoms. The molecule has 0 rings (SSSR count). The lowest BCUT2D eigenvalue weighted by Crippen LogP contribution is -2.27. The molecule has 90 valence electrons. The van der Waals surface area contributed by atoms with Crippen molar-refractivity contribution in [3.8, 4) is 0 Å². The van der Waals surface area contributed by atoms with Gasteiger partial charge in [0.05, 0.1) is 6.26 Å². The van der Waals surface area contributed by atoms with Crippen LogP contribution >= 0.6 is 0 Å². The van der Waals surface area contributed by atoms with Gasteiger partial charge in [0.2, 0.25) is 10.0 Å². The van der Waals surface area contributed by atoms with E-state index in [0.29, 0.717) is 19.4 Å². The summed E-state index contributed by atoms with van der Waals surface area (Å²) in [6.45, 7) is 4.21. The van der Waals surface area contributed by atoms with Gasteiger partial charge in [0.25, 0.3) is 0 Å². The minimum Gasteiger partial charge on any atom is -0.481 e. The van der Waals surface area contributed by atoms with E-state index in [-0.39, 0.29) is 11.8 Å². The van der Waals surface area contributed by atoms with Crippen molar-refractivity contribution in [3.05, 3.63) is 0 Å². The summed E-state index contributed by atoms with van der Waals surface area (Å²) in [5.74, 6) is -0.820. The second-order valence-electron chi connectivity index (χ2n) is 4.47. The molecule has 5 nitrogen and oxygen atoms in total. The van der Waals surface area contributed by atoms with Gasteiger partial charge >= 0.3 is 5.97 Å². The van der Waals surface area contributed by atoms with Crippen LogP contribution in [0.15, 0.2) is 0 Å². The van der Waals surface area contributed by atoms with E-state index in [9.17, 15) is 13.2 Å². The van der Waals surface area contributed by atoms with E-state index < -0.39 is 16.0 Å². The highest BCUT2D eigenvalue weighted by Gasteiger charge is 2.19. The van der Waals surface area contributed by atoms with Crippen molar-refractivity contribution in [2.75, 3.05) is 12.8 Å². The van der Waals surface area contributed by atoms with E-state index in [1.807, 2.05) is 13.8 Å². The minimum atomic E-state index is -3.14. The Balaban J connectivity index is 3.88. The predicted octanol–water partition coefficient (Wildman–Crippen LogP) is 0.817. The summed E-state index contributed by atoms with van der Waals surface area (Å²) >= 11 is 0. The summed E-state index contributed by atoms with van der Waals surface area (Å²) in [6.07, 6.45) is 2.41. The third kappa shape index (κ3) is 9.68. The molecule has 0 aliphatic rings. The molecule has 0 unspecified atom stereocenters. The Hall–Kier alpha value is -0.620. The first-order chi connectivity index (χ1) is 6.62. The van der Waals surface area contributed by atoms with E-state index in [1.54, 1.807) is 0 Å². The summed E-state index contributed by atoms with van der Waals surface area (Å²) in [4.78, 5) is 10.4. The summed E-state index contributed by atoms with van der Waals surface area (Å²) < 4.78 is 23.9. The Morgan fingerprint density at radius 2 is 1.87 bits per heavy atom. The monoisotopic (exact) mass is 237 g/mol. The van der Waals surface area contributed by atoms with Crippen molar-refractivity contribution in [1.82, 2.24) is 4.72 Å². The molecule has 0 radical (unpaired) electrons. The van der Waals surface area contributed by atoms with Crippen LogP contribution in [0.1, 0.15) is 33.1 Å². The number of sulfonamides is 1. The van der Waals surface area contributed by atoms with Gasteiger partial charge in [-0.2, -0.15) is 0 Å². The summed E-state index contributed by atoms with van der Waals surface area (Å²) in [5, 5.41) is 8.52. The standard InChI is InChI=1S/C9H19NO4S/c1-9(2,5-4-8(11)12)6-7-10-15(3,13)14/h10H,4-7H2,1-3H3,(H,11,12). The molecular weight excluding hydrogens is 218 g/mol. The van der Waals surface area contributed by atoms with Crippen LogP contribution in [0, 0.1) is 5.41 Å². The number of aliphatic carboxylic acids is 1. The second kappa shape index (κ2) is 5.46. The van der Waals surface area contributed by atoms with Crippen LogP contribution in [-0.2, 0) is 14.8 Å². The molecule has 0 aromatic rings. The molecule has 0 aliphatic carbocycles. The average Bonchev–Trinajstić information content (AvgIpc) is 1.98. The van der Waals surface area contributed by atoms with Gasteiger partial charge in [0.15, 0.2) is 0 Å². The van der Waals surface area contributed by atoms with Crippen LogP contribution in [0.4, 0.5) is 0 Å². The molecule has 0 aromatic carbocycles. The van der Waals surface area contributed by atoms with Crippen molar-refractivity contribution >= 4 is 16.0 Å². The van der Waals surface area contributed by atoms with E-state index in [1.165, 1.54) is 0 Å². The van der Waals surface area contributed by atoms with Gasteiger partial charge < -0.3 is 5.11 Å². The van der Waals surface area contributed by atoms with E-state index in [0.717, 1.165) is 6.26 Å². The number of rotatable bonds is 7. The predicted molar refractivity (Wildman–Crippen MR) is 58.1 cm³/mol. The number of carbonyl (C=O) groups is 1. The molecular formula is C9H19NO4S. The maximum atomic E-state index is 10.8. The molecule has 0 atom stereocenters. The molecule has 0 bridgehead atoms. The van der Waals surface area contributed by atoms with Gasteiger partial charge in [-0.1, -0.05) is 13.8 Å². The number of hydrogen-bond donors (Lipinski definition) is 2. The zero-order valence-corrected chi connectivity index (χ0v) is 10.2. The fourth-order valence-corrected chi connectivity index (χ4v) is 1.62. The normalized spacial score (nSPS) is 12.7. The van der Waals surface area contributed by atoms with Gasteiger partial charge in [-0.05, 0) is 18.3 Å². The van der Waals surface area contributed by atoms with Gasteiger partial charge in [-0.3, -0.25) is 4.79 Å². The van der Waals surface area contributed by atoms with Crippen LogP contribution in [0.25, 0.3) is 0 Å². The lowest BCUT2D eigenvalue weighted by Gasteiger charge is -2.23. The molecule has 0 saturated heterocycles. The van der Waals surface area contributed by atoms with Crippen LogP contribution in [0.5, 0.6) is 0 Å². The zero-order chi connectivity index (χ0) is 12.1. The van der Waals surface area contributed by atoms with Crippen molar-refractivity contribution in [1.29, 1.82) is 0 Å². The average molecular weight is 237 g/mol. The highest BCUT2D eigenvalue weighted by molar-refractivity contribution is 7.88. The Morgan fingerprint density at radius 1 is 1.33 bits per heavy atom. The lowest BCUT2D eigenvalue weighted by molar-refractivity contribution is -0.137. The number of hydrogen-bond acceptors (Lipinski definition) is 3. The molecule has 0 amide bonds. The van der Waals surface area contributed by atoms with E-state index in [2.05, 4.69) is 4.72 Å². The van der Waals surface area contributed by atoms with Gasteiger partial charge in [0, 0.05) is 13.0 Å². The first-order valence-electron chi connectivity index (χ1n) is 4.79. The zero-order valence-electron chi connectivity index (χ0n) is 9.41. The summed E-state index contributed by atoms with van der Waals surface area (Å²) in [6, 6.07) is 0. The van der Waals surface area contributed by atoms with Crippen LogP contribution in [0.2, 0.25) is 0 Å². The summed E-state index contributed by atoms with van der Waals surface area (Å²) in [5.41, 5.74) is -0.157. The first kappa shape index (κ1) is 14.4. The third-order valence-electron chi connectivity index (χ3n) is 2.18. The second-order valence-corrected chi connectivity index (χ2v) is 6.31. The Labute approximate surface area is 90.9 Å². The fraction of sp³-hybridized carbons (Fsp3) is 0.889. The molecule has 0 fully saturated rings. The summed E-state index contributed by atoms with van der Waals surface area (Å²) in [7, 11) is -3.14. The Morgan fingerprint density at radius 3 is 2.27 bits per heavy atom.